The van der Waals surface area contributed by atoms with Gasteiger partial charge in [0.1, 0.15) is 12.6 Å². The number of rotatable bonds is 3. The van der Waals surface area contributed by atoms with Crippen molar-refractivity contribution in [3.05, 3.63) is 57.7 Å². The maximum Gasteiger partial charge on any atom is 0.289 e. The molecule has 0 unspecified atom stereocenters. The van der Waals surface area contributed by atoms with Crippen LogP contribution in [0.25, 0.3) is 5.57 Å². The Morgan fingerprint density at radius 3 is 2.94 bits per heavy atom. The lowest BCUT2D eigenvalue weighted by atomic mass is 9.98. The first-order valence-corrected chi connectivity index (χ1v) is 10.3. The molecule has 0 radical (unpaired) electrons. The number of hydrogen-bond donors (Lipinski definition) is 1. The lowest BCUT2D eigenvalue weighted by Crippen LogP contribution is -2.49. The quantitative estimate of drug-likeness (QED) is 0.731. The van der Waals surface area contributed by atoms with E-state index in [1.807, 2.05) is 6.08 Å². The van der Waals surface area contributed by atoms with Crippen LogP contribution in [0.2, 0.25) is 10.0 Å². The van der Waals surface area contributed by atoms with Gasteiger partial charge in [0.2, 0.25) is 5.82 Å². The largest absolute Gasteiger partial charge is 0.487 e. The third-order valence-corrected chi connectivity index (χ3v) is 5.41. The average molecular weight is 471 g/mol. The second-order valence-electron chi connectivity index (χ2n) is 7.08. The summed E-state index contributed by atoms with van der Waals surface area (Å²) < 4.78 is 5.65. The maximum absolute atomic E-state index is 12.8. The zero-order valence-corrected chi connectivity index (χ0v) is 18.3. The lowest BCUT2D eigenvalue weighted by Gasteiger charge is -2.19. The fourth-order valence-electron chi connectivity index (χ4n) is 3.31. The molecule has 0 bridgehead atoms. The van der Waals surface area contributed by atoms with Crippen molar-refractivity contribution >= 4 is 46.4 Å². The molecular weight excluding hydrogens is 455 g/mol. The van der Waals surface area contributed by atoms with E-state index in [1.54, 1.807) is 12.1 Å². The molecule has 1 N–H and O–H groups in total. The van der Waals surface area contributed by atoms with Crippen molar-refractivity contribution in [2.75, 3.05) is 18.6 Å². The van der Waals surface area contributed by atoms with Crippen LogP contribution in [0.1, 0.15) is 29.2 Å². The van der Waals surface area contributed by atoms with Gasteiger partial charge in [-0.05, 0) is 24.5 Å². The highest BCUT2D eigenvalue weighted by Crippen LogP contribution is 2.31. The van der Waals surface area contributed by atoms with Crippen LogP contribution in [-0.2, 0) is 4.79 Å². The van der Waals surface area contributed by atoms with Crippen molar-refractivity contribution in [3.8, 4) is 11.8 Å². The molecule has 0 saturated heterocycles. The fourth-order valence-corrected chi connectivity index (χ4v) is 3.66. The molecule has 1 atom stereocenters. The lowest BCUT2D eigenvalue weighted by molar-refractivity contribution is -0.120. The summed E-state index contributed by atoms with van der Waals surface area (Å²) in [6, 6.07) is 2.68. The Bertz CT molecular complexity index is 1220. The number of nitrogens with zero attached hydrogens (tertiary/aromatic N) is 5. The van der Waals surface area contributed by atoms with Gasteiger partial charge in [-0.1, -0.05) is 29.3 Å². The minimum atomic E-state index is -0.998. The van der Waals surface area contributed by atoms with Crippen molar-refractivity contribution in [2.24, 2.45) is 0 Å². The van der Waals surface area contributed by atoms with E-state index in [1.165, 1.54) is 24.3 Å². The molecule has 11 heteroatoms. The van der Waals surface area contributed by atoms with Gasteiger partial charge < -0.3 is 10.1 Å². The van der Waals surface area contributed by atoms with Crippen LogP contribution in [0.3, 0.4) is 0 Å². The number of pyridine rings is 1. The third-order valence-electron chi connectivity index (χ3n) is 4.93. The normalized spacial score (nSPS) is 17.9. The Balaban J connectivity index is 1.56. The number of nitriles is 1. The summed E-state index contributed by atoms with van der Waals surface area (Å²) in [5, 5.41) is 12.4. The standard InChI is InChI=1S/C21H16Cl2N6O3/c1-29-19-16(6-13(22)8-26-19)32-10-15(21(29)31)27-20(30)18-25-9-14(23)17(28-18)12-4-2-3-11(5-12)7-24/h4-6,8-9,15H,2-3,10H2,1H3,(H,27,30)/t15-/m0/s1. The number of likely N-dealkylation sites (N-methyl/N-ethyl adjacent to an activating group) is 1. The molecule has 2 aromatic heterocycles. The molecule has 0 fully saturated rings. The molecule has 0 saturated carbocycles. The van der Waals surface area contributed by atoms with E-state index in [2.05, 4.69) is 26.3 Å². The fraction of sp³-hybridized carbons (Fsp3) is 0.238. The van der Waals surface area contributed by atoms with Crippen molar-refractivity contribution < 1.29 is 14.3 Å². The van der Waals surface area contributed by atoms with Crippen LogP contribution in [0.15, 0.2) is 36.2 Å². The van der Waals surface area contributed by atoms with E-state index >= 15 is 0 Å². The monoisotopic (exact) mass is 470 g/mol. The Labute approximate surface area is 193 Å². The van der Waals surface area contributed by atoms with Crippen LogP contribution in [-0.4, -0.2) is 46.5 Å². The number of carbonyl (C=O) groups is 2. The predicted molar refractivity (Wildman–Crippen MR) is 117 cm³/mol. The first-order valence-electron chi connectivity index (χ1n) is 9.58. The molecule has 2 aliphatic rings. The highest BCUT2D eigenvalue weighted by Gasteiger charge is 2.32. The molecular formula is C21H16Cl2N6O3. The van der Waals surface area contributed by atoms with Crippen molar-refractivity contribution in [3.63, 3.8) is 0 Å². The summed E-state index contributed by atoms with van der Waals surface area (Å²) >= 11 is 12.2. The van der Waals surface area contributed by atoms with E-state index in [-0.39, 0.29) is 17.5 Å². The topological polar surface area (TPSA) is 121 Å². The van der Waals surface area contributed by atoms with Crippen LogP contribution in [0.4, 0.5) is 5.82 Å². The van der Waals surface area contributed by atoms with Gasteiger partial charge in [-0.25, -0.2) is 15.0 Å². The molecule has 4 rings (SSSR count). The first-order chi connectivity index (χ1) is 15.4. The SMILES string of the molecule is CN1C(=O)[C@@H](NC(=O)c2ncc(Cl)c(C3=CCCC(C#N)=C3)n2)COc2cc(Cl)cnc21. The third kappa shape index (κ3) is 4.28. The Hall–Kier alpha value is -3.48. The Kier molecular flexibility index (Phi) is 6.08. The van der Waals surface area contributed by atoms with E-state index in [0.29, 0.717) is 46.3 Å². The van der Waals surface area contributed by atoms with E-state index in [9.17, 15) is 9.59 Å². The molecule has 1 aliphatic carbocycles. The minimum Gasteiger partial charge on any atom is -0.487 e. The minimum absolute atomic E-state index is 0.121. The van der Waals surface area contributed by atoms with E-state index < -0.39 is 17.9 Å². The van der Waals surface area contributed by atoms with Crippen molar-refractivity contribution in [2.45, 2.75) is 18.9 Å². The molecule has 2 aromatic rings. The van der Waals surface area contributed by atoms with Crippen molar-refractivity contribution in [1.82, 2.24) is 20.3 Å². The number of hydrogen-bond acceptors (Lipinski definition) is 7. The molecule has 162 valence electrons. The van der Waals surface area contributed by atoms with Crippen LogP contribution in [0.5, 0.6) is 5.75 Å². The summed E-state index contributed by atoms with van der Waals surface area (Å²) in [5.41, 5.74) is 1.58. The highest BCUT2D eigenvalue weighted by atomic mass is 35.5. The van der Waals surface area contributed by atoms with Gasteiger partial charge >= 0.3 is 0 Å². The van der Waals surface area contributed by atoms with Crippen LogP contribution >= 0.6 is 23.2 Å². The number of amides is 2. The van der Waals surface area contributed by atoms with E-state index in [0.717, 1.165) is 0 Å². The smallest absolute Gasteiger partial charge is 0.289 e. The second kappa shape index (κ2) is 8.94. The summed E-state index contributed by atoms with van der Waals surface area (Å²) in [5.74, 6) is -0.625. The van der Waals surface area contributed by atoms with Gasteiger partial charge in [-0.3, -0.25) is 14.5 Å². The van der Waals surface area contributed by atoms with Gasteiger partial charge in [0.15, 0.2) is 11.6 Å². The molecule has 9 nitrogen and oxygen atoms in total. The summed E-state index contributed by atoms with van der Waals surface area (Å²) in [6.45, 7) is -0.121. The predicted octanol–water partition coefficient (Wildman–Crippen LogP) is 2.96. The molecule has 2 amide bonds. The van der Waals surface area contributed by atoms with Crippen LogP contribution in [0, 0.1) is 11.3 Å². The summed E-state index contributed by atoms with van der Waals surface area (Å²) in [4.78, 5) is 39.4. The molecule has 1 aliphatic heterocycles. The van der Waals surface area contributed by atoms with Gasteiger partial charge in [0, 0.05) is 24.9 Å². The summed E-state index contributed by atoms with van der Waals surface area (Å²) in [6.07, 6.45) is 7.59. The van der Waals surface area contributed by atoms with Crippen LogP contribution < -0.4 is 15.0 Å². The zero-order valence-electron chi connectivity index (χ0n) is 16.8. The van der Waals surface area contributed by atoms with Gasteiger partial charge in [0.05, 0.1) is 28.0 Å². The van der Waals surface area contributed by atoms with Gasteiger partial charge in [0.25, 0.3) is 11.8 Å². The Morgan fingerprint density at radius 2 is 2.16 bits per heavy atom. The van der Waals surface area contributed by atoms with Gasteiger partial charge in [-0.2, -0.15) is 5.26 Å². The molecule has 32 heavy (non-hydrogen) atoms. The number of ether oxygens (including phenoxy) is 1. The number of carbonyl (C=O) groups excluding carboxylic acids is 2. The van der Waals surface area contributed by atoms with E-state index in [4.69, 9.17) is 33.2 Å². The molecule has 0 aromatic carbocycles. The molecule has 0 spiro atoms. The number of allylic oxidation sites excluding steroid dienone is 4. The molecule has 3 heterocycles. The summed E-state index contributed by atoms with van der Waals surface area (Å²) in [7, 11) is 1.53. The highest BCUT2D eigenvalue weighted by molar-refractivity contribution is 6.32. The first kappa shape index (κ1) is 21.7. The Morgan fingerprint density at radius 1 is 1.34 bits per heavy atom. The number of anilines is 1. The number of nitrogens with one attached hydrogen (secondary N) is 1. The number of fused-ring (bicyclic) bond motifs is 1. The van der Waals surface area contributed by atoms with Crippen molar-refractivity contribution in [1.29, 1.82) is 5.26 Å². The number of halogens is 2. The number of aromatic nitrogens is 3. The van der Waals surface area contributed by atoms with Gasteiger partial charge in [-0.15, -0.1) is 0 Å². The maximum atomic E-state index is 12.8. The second-order valence-corrected chi connectivity index (χ2v) is 7.92. The zero-order chi connectivity index (χ0) is 22.8. The average Bonchev–Trinajstić information content (AvgIpc) is 2.91.